The van der Waals surface area contributed by atoms with Crippen molar-refractivity contribution in [3.63, 3.8) is 0 Å². The molecule has 1 heterocycles. The van der Waals surface area contributed by atoms with Crippen LogP contribution in [0.3, 0.4) is 0 Å². The summed E-state index contributed by atoms with van der Waals surface area (Å²) in [7, 11) is 0. The number of hydrogen-bond acceptors (Lipinski definition) is 1. The van der Waals surface area contributed by atoms with E-state index in [4.69, 9.17) is 0 Å². The lowest BCUT2D eigenvalue weighted by Gasteiger charge is -2.17. The summed E-state index contributed by atoms with van der Waals surface area (Å²) in [5.41, 5.74) is 0.779. The van der Waals surface area contributed by atoms with Crippen LogP contribution >= 0.6 is 54.5 Å². The molecule has 0 N–H and O–H groups in total. The van der Waals surface area contributed by atoms with Crippen molar-refractivity contribution >= 4 is 60.4 Å². The molecule has 1 saturated heterocycles. The first kappa shape index (κ1) is 14.8. The fourth-order valence-corrected chi connectivity index (χ4v) is 3.79. The fraction of sp³-hybridized carbons (Fsp3) is 0.462. The van der Waals surface area contributed by atoms with E-state index in [0.717, 1.165) is 44.9 Å². The molecule has 1 aromatic rings. The summed E-state index contributed by atoms with van der Waals surface area (Å²) < 4.78 is 1.98. The molecule has 1 aromatic carbocycles. The quantitative estimate of drug-likeness (QED) is 0.461. The number of nitrogens with zero attached hydrogens (tertiary/aromatic N) is 1. The van der Waals surface area contributed by atoms with Crippen LogP contribution in [0.25, 0.3) is 0 Å². The number of halogens is 3. The molecule has 98 valence electrons. The molecule has 1 fully saturated rings. The summed E-state index contributed by atoms with van der Waals surface area (Å²) in [6.07, 6.45) is 2.27. The summed E-state index contributed by atoms with van der Waals surface area (Å²) in [5, 5.41) is 1.02. The van der Waals surface area contributed by atoms with Gasteiger partial charge in [0.1, 0.15) is 0 Å². The first-order chi connectivity index (χ1) is 8.61. The highest BCUT2D eigenvalue weighted by molar-refractivity contribution is 14.1. The summed E-state index contributed by atoms with van der Waals surface area (Å²) >= 11 is 9.17. The minimum Gasteiger partial charge on any atom is -0.338 e. The van der Waals surface area contributed by atoms with Crippen LogP contribution in [0.2, 0.25) is 0 Å². The Kier molecular flexibility index (Phi) is 5.50. The van der Waals surface area contributed by atoms with E-state index < -0.39 is 0 Å². The second kappa shape index (κ2) is 6.70. The Morgan fingerprint density at radius 2 is 2.28 bits per heavy atom. The van der Waals surface area contributed by atoms with E-state index in [-0.39, 0.29) is 5.91 Å². The van der Waals surface area contributed by atoms with E-state index in [2.05, 4.69) is 54.5 Å². The number of benzene rings is 1. The predicted octanol–water partition coefficient (Wildman–Crippen LogP) is 4.30. The highest BCUT2D eigenvalue weighted by atomic mass is 127. The fourth-order valence-electron chi connectivity index (χ4n) is 2.24. The van der Waals surface area contributed by atoms with Crippen LogP contribution in [0, 0.1) is 9.49 Å². The summed E-state index contributed by atoms with van der Waals surface area (Å²) in [6.45, 7) is 1.77. The molecular weight excluding hydrogens is 473 g/mol. The molecule has 2 nitrogen and oxygen atoms in total. The van der Waals surface area contributed by atoms with E-state index in [1.807, 2.05) is 23.1 Å². The molecule has 1 aliphatic rings. The molecule has 18 heavy (non-hydrogen) atoms. The van der Waals surface area contributed by atoms with Gasteiger partial charge in [0.2, 0.25) is 0 Å². The van der Waals surface area contributed by atoms with E-state index >= 15 is 0 Å². The topological polar surface area (TPSA) is 20.3 Å². The van der Waals surface area contributed by atoms with Gasteiger partial charge in [0, 0.05) is 26.5 Å². The number of carbonyl (C=O) groups excluding carboxylic acids is 1. The van der Waals surface area contributed by atoms with Gasteiger partial charge in [-0.05, 0) is 75.5 Å². The van der Waals surface area contributed by atoms with E-state index in [0.29, 0.717) is 5.92 Å². The van der Waals surface area contributed by atoms with Gasteiger partial charge in [-0.25, -0.2) is 0 Å². The Bertz CT molecular complexity index is 453. The maximum Gasteiger partial charge on any atom is 0.255 e. The second-order valence-electron chi connectivity index (χ2n) is 4.51. The molecule has 0 radical (unpaired) electrons. The molecule has 1 amide bonds. The molecule has 2 rings (SSSR count). The standard InChI is InChI=1S/C13H14Br2INO/c14-5-3-9-4-6-17(8-9)13(18)11-7-10(16)1-2-12(11)15/h1-2,7,9H,3-6,8H2. The third-order valence-electron chi connectivity index (χ3n) is 3.25. The van der Waals surface area contributed by atoms with Gasteiger partial charge in [-0.2, -0.15) is 0 Å². The Labute approximate surface area is 138 Å². The minimum atomic E-state index is 0.150. The maximum atomic E-state index is 12.5. The third-order valence-corrected chi connectivity index (χ3v) is 5.07. The molecule has 1 atom stereocenters. The lowest BCUT2D eigenvalue weighted by Crippen LogP contribution is -2.29. The highest BCUT2D eigenvalue weighted by Gasteiger charge is 2.27. The van der Waals surface area contributed by atoms with Crippen molar-refractivity contribution in [1.82, 2.24) is 4.90 Å². The average molecular weight is 487 g/mol. The molecule has 0 saturated carbocycles. The molecule has 1 unspecified atom stereocenters. The van der Waals surface area contributed by atoms with Crippen molar-refractivity contribution in [2.75, 3.05) is 18.4 Å². The number of carbonyl (C=O) groups is 1. The average Bonchev–Trinajstić information content (AvgIpc) is 2.80. The van der Waals surface area contributed by atoms with Crippen LogP contribution in [0.4, 0.5) is 0 Å². The van der Waals surface area contributed by atoms with Crippen molar-refractivity contribution in [1.29, 1.82) is 0 Å². The number of rotatable bonds is 3. The van der Waals surface area contributed by atoms with Crippen LogP contribution in [-0.4, -0.2) is 29.2 Å². The first-order valence-electron chi connectivity index (χ1n) is 5.92. The van der Waals surface area contributed by atoms with Gasteiger partial charge in [-0.3, -0.25) is 4.79 Å². The number of alkyl halides is 1. The van der Waals surface area contributed by atoms with E-state index in [1.54, 1.807) is 0 Å². The Morgan fingerprint density at radius 3 is 3.00 bits per heavy atom. The van der Waals surface area contributed by atoms with Gasteiger partial charge >= 0.3 is 0 Å². The van der Waals surface area contributed by atoms with Crippen LogP contribution in [0.1, 0.15) is 23.2 Å². The van der Waals surface area contributed by atoms with Crippen molar-refractivity contribution in [3.05, 3.63) is 31.8 Å². The molecule has 5 heteroatoms. The molecule has 1 aliphatic heterocycles. The van der Waals surface area contributed by atoms with E-state index in [1.165, 1.54) is 0 Å². The number of amides is 1. The number of likely N-dealkylation sites (tertiary alicyclic amines) is 1. The van der Waals surface area contributed by atoms with Gasteiger partial charge in [0.25, 0.3) is 5.91 Å². The van der Waals surface area contributed by atoms with Crippen molar-refractivity contribution < 1.29 is 4.79 Å². The Balaban J connectivity index is 2.10. The van der Waals surface area contributed by atoms with Crippen LogP contribution < -0.4 is 0 Å². The molecule has 0 bridgehead atoms. The van der Waals surface area contributed by atoms with Crippen LogP contribution in [-0.2, 0) is 0 Å². The van der Waals surface area contributed by atoms with E-state index in [9.17, 15) is 4.79 Å². The lowest BCUT2D eigenvalue weighted by molar-refractivity contribution is 0.0786. The maximum absolute atomic E-state index is 12.5. The third kappa shape index (κ3) is 3.48. The molecule has 0 aliphatic carbocycles. The van der Waals surface area contributed by atoms with Crippen molar-refractivity contribution in [2.24, 2.45) is 5.92 Å². The zero-order valence-electron chi connectivity index (χ0n) is 9.83. The van der Waals surface area contributed by atoms with Crippen molar-refractivity contribution in [2.45, 2.75) is 12.8 Å². The highest BCUT2D eigenvalue weighted by Crippen LogP contribution is 2.26. The smallest absolute Gasteiger partial charge is 0.255 e. The zero-order valence-corrected chi connectivity index (χ0v) is 15.2. The Morgan fingerprint density at radius 1 is 1.50 bits per heavy atom. The normalized spacial score (nSPS) is 19.3. The van der Waals surface area contributed by atoms with Crippen molar-refractivity contribution in [3.8, 4) is 0 Å². The zero-order chi connectivity index (χ0) is 13.1. The number of hydrogen-bond donors (Lipinski definition) is 0. The molecule has 0 spiro atoms. The summed E-state index contributed by atoms with van der Waals surface area (Å²) in [6, 6.07) is 5.89. The second-order valence-corrected chi connectivity index (χ2v) is 7.40. The first-order valence-corrected chi connectivity index (χ1v) is 8.91. The van der Waals surface area contributed by atoms with Gasteiger partial charge < -0.3 is 4.90 Å². The summed E-state index contributed by atoms with van der Waals surface area (Å²) in [4.78, 5) is 14.4. The Hall–Kier alpha value is 0.380. The predicted molar refractivity (Wildman–Crippen MR) is 89.3 cm³/mol. The SMILES string of the molecule is O=C(c1cc(I)ccc1Br)N1CCC(CCBr)C1. The molecular formula is C13H14Br2INO. The minimum absolute atomic E-state index is 0.150. The van der Waals surface area contributed by atoms with Crippen LogP contribution in [0.15, 0.2) is 22.7 Å². The monoisotopic (exact) mass is 485 g/mol. The van der Waals surface area contributed by atoms with Gasteiger partial charge in [-0.1, -0.05) is 15.9 Å². The lowest BCUT2D eigenvalue weighted by atomic mass is 10.1. The van der Waals surface area contributed by atoms with Crippen LogP contribution in [0.5, 0.6) is 0 Å². The van der Waals surface area contributed by atoms with Gasteiger partial charge in [-0.15, -0.1) is 0 Å². The molecule has 0 aromatic heterocycles. The summed E-state index contributed by atoms with van der Waals surface area (Å²) in [5.74, 6) is 0.798. The van der Waals surface area contributed by atoms with Gasteiger partial charge in [0.15, 0.2) is 0 Å². The van der Waals surface area contributed by atoms with Gasteiger partial charge in [0.05, 0.1) is 5.56 Å². The largest absolute Gasteiger partial charge is 0.338 e.